The van der Waals surface area contributed by atoms with Gasteiger partial charge in [-0.1, -0.05) is 58.0 Å². The molecule has 4 nitrogen and oxygen atoms in total. The summed E-state index contributed by atoms with van der Waals surface area (Å²) in [4.78, 5) is 17.6. The number of nitrogens with zero attached hydrogens (tertiary/aromatic N) is 3. The number of aromatic amines is 1. The predicted molar refractivity (Wildman–Crippen MR) is 142 cm³/mol. The van der Waals surface area contributed by atoms with Crippen molar-refractivity contribution in [2.75, 3.05) is 0 Å². The molecule has 3 heterocycles. The van der Waals surface area contributed by atoms with Gasteiger partial charge in [0, 0.05) is 40.8 Å². The Balaban J connectivity index is 1.34. The van der Waals surface area contributed by atoms with Gasteiger partial charge in [-0.05, 0) is 52.1 Å². The van der Waals surface area contributed by atoms with E-state index in [2.05, 4.69) is 92.3 Å². The smallest absolute Gasteiger partial charge is 0.109 e. The second-order valence-corrected chi connectivity index (χ2v) is 9.90. The van der Waals surface area contributed by atoms with E-state index in [9.17, 15) is 0 Å². The number of nitrogens with one attached hydrogen (secondary N) is 1. The van der Waals surface area contributed by atoms with Gasteiger partial charge in [0.25, 0.3) is 0 Å². The van der Waals surface area contributed by atoms with Crippen molar-refractivity contribution in [3.8, 4) is 22.4 Å². The lowest BCUT2D eigenvalue weighted by molar-refractivity contribution is 0.795. The van der Waals surface area contributed by atoms with Gasteiger partial charge in [-0.25, -0.2) is 4.98 Å². The van der Waals surface area contributed by atoms with E-state index >= 15 is 0 Å². The Morgan fingerprint density at radius 3 is 2.32 bits per heavy atom. The van der Waals surface area contributed by atoms with Crippen LogP contribution in [0.25, 0.3) is 44.1 Å². The number of hydrogen-bond acceptors (Lipinski definition) is 3. The minimum Gasteiger partial charge on any atom is -0.342 e. The minimum absolute atomic E-state index is 0.377. The molecule has 5 aromatic rings. The van der Waals surface area contributed by atoms with Crippen LogP contribution in [0.1, 0.15) is 45.0 Å². The van der Waals surface area contributed by atoms with Crippen LogP contribution in [0.2, 0.25) is 0 Å². The Bertz CT molecular complexity index is 1590. The van der Waals surface area contributed by atoms with E-state index in [1.807, 2.05) is 12.4 Å². The molecule has 2 aromatic heterocycles. The molecule has 1 aliphatic rings. The van der Waals surface area contributed by atoms with Crippen LogP contribution in [0, 0.1) is 5.92 Å². The molecule has 6 rings (SSSR count). The summed E-state index contributed by atoms with van der Waals surface area (Å²) in [5.74, 6) is 1.87. The molecule has 4 heteroatoms. The van der Waals surface area contributed by atoms with Gasteiger partial charge in [-0.3, -0.25) is 9.98 Å². The van der Waals surface area contributed by atoms with Crippen LogP contribution >= 0.6 is 0 Å². The first-order valence-corrected chi connectivity index (χ1v) is 12.0. The van der Waals surface area contributed by atoms with Gasteiger partial charge in [-0.2, -0.15) is 0 Å². The van der Waals surface area contributed by atoms with Crippen LogP contribution in [0.3, 0.4) is 0 Å². The maximum atomic E-state index is 4.86. The summed E-state index contributed by atoms with van der Waals surface area (Å²) < 4.78 is 0. The van der Waals surface area contributed by atoms with E-state index in [4.69, 9.17) is 9.98 Å². The largest absolute Gasteiger partial charge is 0.342 e. The van der Waals surface area contributed by atoms with E-state index in [1.165, 1.54) is 27.6 Å². The van der Waals surface area contributed by atoms with Gasteiger partial charge >= 0.3 is 0 Å². The van der Waals surface area contributed by atoms with Gasteiger partial charge in [-0.15, -0.1) is 0 Å². The van der Waals surface area contributed by atoms with E-state index in [-0.39, 0.29) is 0 Å². The molecule has 0 aliphatic carbocycles. The summed E-state index contributed by atoms with van der Waals surface area (Å²) in [6.07, 6.45) is 4.84. The van der Waals surface area contributed by atoms with Gasteiger partial charge in [0.05, 0.1) is 23.1 Å². The Morgan fingerprint density at radius 1 is 0.735 bits per heavy atom. The lowest BCUT2D eigenvalue weighted by atomic mass is 9.95. The average Bonchev–Trinajstić information content (AvgIpc) is 3.51. The van der Waals surface area contributed by atoms with Crippen LogP contribution in [-0.2, 0) is 6.42 Å². The lowest BCUT2D eigenvalue weighted by Gasteiger charge is -2.09. The number of imidazole rings is 1. The number of benzene rings is 3. The lowest BCUT2D eigenvalue weighted by Crippen LogP contribution is -2.06. The maximum Gasteiger partial charge on any atom is 0.109 e. The first kappa shape index (κ1) is 20.8. The van der Waals surface area contributed by atoms with Crippen molar-refractivity contribution in [2.24, 2.45) is 10.9 Å². The fourth-order valence-corrected chi connectivity index (χ4v) is 4.78. The number of fused-ring (bicyclic) bond motifs is 4. The van der Waals surface area contributed by atoms with Gasteiger partial charge < -0.3 is 4.98 Å². The van der Waals surface area contributed by atoms with Crippen molar-refractivity contribution in [3.05, 3.63) is 78.4 Å². The van der Waals surface area contributed by atoms with Gasteiger partial charge in [0.1, 0.15) is 5.82 Å². The van der Waals surface area contributed by atoms with Crippen molar-refractivity contribution < 1.29 is 0 Å². The van der Waals surface area contributed by atoms with Gasteiger partial charge in [0.2, 0.25) is 0 Å². The molecule has 0 amide bonds. The number of hydrogen-bond donors (Lipinski definition) is 1. The highest BCUT2D eigenvalue weighted by atomic mass is 14.9. The third-order valence-corrected chi connectivity index (χ3v) is 6.87. The number of rotatable bonds is 4. The molecule has 0 unspecified atom stereocenters. The standard InChI is InChI=1S/C30H28N4/c1-17(2)27-14-25-24-9-7-19(11-20(24)8-10-26(25)33-27)23-12-21-5-6-22(13-28(21)31-15-23)29-16-32-30(34-29)18(3)4/h5-13,15-18H,14H2,1-4H3,(H,32,34). The third-order valence-electron chi connectivity index (χ3n) is 6.87. The minimum atomic E-state index is 0.377. The van der Waals surface area contributed by atoms with Crippen LogP contribution in [0.5, 0.6) is 0 Å². The normalized spacial score (nSPS) is 13.3. The summed E-state index contributed by atoms with van der Waals surface area (Å²) in [6, 6.07) is 19.7. The van der Waals surface area contributed by atoms with Crippen molar-refractivity contribution in [1.29, 1.82) is 0 Å². The van der Waals surface area contributed by atoms with Crippen molar-refractivity contribution in [1.82, 2.24) is 15.0 Å². The Labute approximate surface area is 199 Å². The second kappa shape index (κ2) is 7.91. The molecule has 1 N–H and O–H groups in total. The van der Waals surface area contributed by atoms with E-state index in [0.29, 0.717) is 11.8 Å². The molecule has 1 aliphatic heterocycles. The zero-order valence-corrected chi connectivity index (χ0v) is 20.1. The molecular weight excluding hydrogens is 416 g/mol. The molecule has 0 fully saturated rings. The molecule has 34 heavy (non-hydrogen) atoms. The molecule has 0 spiro atoms. The monoisotopic (exact) mass is 444 g/mol. The fourth-order valence-electron chi connectivity index (χ4n) is 4.78. The third kappa shape index (κ3) is 3.50. The van der Waals surface area contributed by atoms with Crippen LogP contribution in [0.4, 0.5) is 5.69 Å². The highest BCUT2D eigenvalue weighted by Gasteiger charge is 2.19. The topological polar surface area (TPSA) is 53.9 Å². The number of aromatic nitrogens is 3. The summed E-state index contributed by atoms with van der Waals surface area (Å²) in [7, 11) is 0. The first-order valence-electron chi connectivity index (χ1n) is 12.0. The number of pyridine rings is 1. The molecule has 168 valence electrons. The Kier molecular flexibility index (Phi) is 4.84. The molecule has 0 bridgehead atoms. The van der Waals surface area contributed by atoms with E-state index in [1.54, 1.807) is 0 Å². The van der Waals surface area contributed by atoms with E-state index < -0.39 is 0 Å². The van der Waals surface area contributed by atoms with Crippen LogP contribution in [-0.4, -0.2) is 20.7 Å². The summed E-state index contributed by atoms with van der Waals surface area (Å²) in [5.41, 5.74) is 9.20. The summed E-state index contributed by atoms with van der Waals surface area (Å²) >= 11 is 0. The molecule has 0 saturated carbocycles. The van der Waals surface area contributed by atoms with Crippen molar-refractivity contribution in [3.63, 3.8) is 0 Å². The summed E-state index contributed by atoms with van der Waals surface area (Å²) in [5, 5.41) is 3.69. The Morgan fingerprint density at radius 2 is 1.53 bits per heavy atom. The second-order valence-electron chi connectivity index (χ2n) is 9.90. The molecular formula is C30H28N4. The molecule has 3 aromatic carbocycles. The highest BCUT2D eigenvalue weighted by Crippen LogP contribution is 2.37. The number of aliphatic imine (C=N–C) groups is 1. The first-order chi connectivity index (χ1) is 16.5. The predicted octanol–water partition coefficient (Wildman–Crippen LogP) is 7.85. The zero-order chi connectivity index (χ0) is 23.4. The highest BCUT2D eigenvalue weighted by molar-refractivity contribution is 6.03. The SMILES string of the molecule is CC(C)C1=Nc2ccc3cc(-c4cnc5cc(-c6cnc(C(C)C)[nH]6)ccc5c4)ccc3c2C1. The molecule has 0 radical (unpaired) electrons. The van der Waals surface area contributed by atoms with Crippen LogP contribution < -0.4 is 0 Å². The summed E-state index contributed by atoms with van der Waals surface area (Å²) in [6.45, 7) is 8.73. The maximum absolute atomic E-state index is 4.86. The van der Waals surface area contributed by atoms with Crippen molar-refractivity contribution in [2.45, 2.75) is 40.0 Å². The van der Waals surface area contributed by atoms with Crippen LogP contribution in [0.15, 0.2) is 72.0 Å². The molecule has 0 atom stereocenters. The zero-order valence-electron chi connectivity index (χ0n) is 20.1. The fraction of sp³-hybridized carbons (Fsp3) is 0.233. The number of H-pyrrole nitrogens is 1. The van der Waals surface area contributed by atoms with E-state index in [0.717, 1.165) is 45.7 Å². The Hall–Kier alpha value is -3.79. The molecule has 0 saturated heterocycles. The average molecular weight is 445 g/mol. The van der Waals surface area contributed by atoms with Crippen molar-refractivity contribution >= 4 is 33.1 Å². The quantitative estimate of drug-likeness (QED) is 0.307. The van der Waals surface area contributed by atoms with Gasteiger partial charge in [0.15, 0.2) is 0 Å².